The summed E-state index contributed by atoms with van der Waals surface area (Å²) in [5, 5.41) is 9.52. The Hall–Kier alpha value is -1.06. The van der Waals surface area contributed by atoms with Crippen LogP contribution < -0.4 is 4.74 Å². The predicted molar refractivity (Wildman–Crippen MR) is 72.7 cm³/mol. The van der Waals surface area contributed by atoms with Gasteiger partial charge < -0.3 is 9.84 Å². The first-order valence-electron chi connectivity index (χ1n) is 6.70. The van der Waals surface area contributed by atoms with Crippen LogP contribution in [0.3, 0.4) is 0 Å². The second-order valence-electron chi connectivity index (χ2n) is 5.23. The van der Waals surface area contributed by atoms with E-state index in [1.54, 1.807) is 7.11 Å². The highest BCUT2D eigenvalue weighted by molar-refractivity contribution is 5.27. The molecule has 0 saturated heterocycles. The van der Waals surface area contributed by atoms with Gasteiger partial charge in [-0.1, -0.05) is 12.1 Å². The minimum atomic E-state index is -0.0735. The Kier molecular flexibility index (Phi) is 4.61. The lowest BCUT2D eigenvalue weighted by atomic mass is 9.92. The summed E-state index contributed by atoms with van der Waals surface area (Å²) in [7, 11) is 3.86. The van der Waals surface area contributed by atoms with Crippen LogP contribution in [-0.2, 0) is 6.54 Å². The molecule has 1 fully saturated rings. The summed E-state index contributed by atoms with van der Waals surface area (Å²) in [6, 6.07) is 8.86. The van der Waals surface area contributed by atoms with Crippen LogP contribution in [0.1, 0.15) is 31.2 Å². The molecule has 0 bridgehead atoms. The minimum Gasteiger partial charge on any atom is -0.497 e. The number of methoxy groups -OCH3 is 1. The predicted octanol–water partition coefficient (Wildman–Crippen LogP) is 2.43. The van der Waals surface area contributed by atoms with Crippen LogP contribution in [0.15, 0.2) is 24.3 Å². The van der Waals surface area contributed by atoms with Gasteiger partial charge in [0.15, 0.2) is 0 Å². The van der Waals surface area contributed by atoms with Crippen LogP contribution in [0, 0.1) is 0 Å². The van der Waals surface area contributed by atoms with Crippen molar-refractivity contribution in [1.29, 1.82) is 0 Å². The highest BCUT2D eigenvalue weighted by Crippen LogP contribution is 2.23. The summed E-state index contributed by atoms with van der Waals surface area (Å²) in [5.74, 6) is 0.905. The number of rotatable bonds is 4. The van der Waals surface area contributed by atoms with E-state index < -0.39 is 0 Å². The standard InChI is InChI=1S/C15H23NO2/c1-16(13-5-7-14(17)8-6-13)11-12-3-9-15(18-2)10-4-12/h3-4,9-10,13-14,17H,5-8,11H2,1-2H3. The van der Waals surface area contributed by atoms with Gasteiger partial charge in [-0.3, -0.25) is 4.90 Å². The van der Waals surface area contributed by atoms with Crippen LogP contribution in [0.2, 0.25) is 0 Å². The smallest absolute Gasteiger partial charge is 0.118 e. The summed E-state index contributed by atoms with van der Waals surface area (Å²) >= 11 is 0. The van der Waals surface area contributed by atoms with Crippen molar-refractivity contribution in [2.75, 3.05) is 14.2 Å². The molecule has 1 aromatic carbocycles. The Morgan fingerprint density at radius 2 is 1.78 bits per heavy atom. The number of benzene rings is 1. The van der Waals surface area contributed by atoms with Crippen LogP contribution >= 0.6 is 0 Å². The first-order valence-corrected chi connectivity index (χ1v) is 6.70. The molecule has 1 saturated carbocycles. The first-order chi connectivity index (χ1) is 8.69. The third kappa shape index (κ3) is 3.47. The molecule has 1 aliphatic rings. The van der Waals surface area contributed by atoms with Gasteiger partial charge in [-0.25, -0.2) is 0 Å². The number of hydrogen-bond acceptors (Lipinski definition) is 3. The molecule has 2 rings (SSSR count). The van der Waals surface area contributed by atoms with Gasteiger partial charge in [0.2, 0.25) is 0 Å². The Bertz CT molecular complexity index is 355. The lowest BCUT2D eigenvalue weighted by Crippen LogP contribution is -2.35. The molecule has 1 aliphatic carbocycles. The molecule has 0 unspecified atom stereocenters. The SMILES string of the molecule is COc1ccc(CN(C)C2CCC(O)CC2)cc1. The summed E-state index contributed by atoms with van der Waals surface area (Å²) < 4.78 is 5.16. The maximum absolute atomic E-state index is 9.52. The van der Waals surface area contributed by atoms with Gasteiger partial charge in [-0.2, -0.15) is 0 Å². The molecular weight excluding hydrogens is 226 g/mol. The zero-order valence-corrected chi connectivity index (χ0v) is 11.3. The zero-order chi connectivity index (χ0) is 13.0. The van der Waals surface area contributed by atoms with Crippen molar-refractivity contribution in [3.8, 4) is 5.75 Å². The van der Waals surface area contributed by atoms with E-state index in [1.165, 1.54) is 5.56 Å². The van der Waals surface area contributed by atoms with Crippen molar-refractivity contribution in [3.05, 3.63) is 29.8 Å². The molecule has 0 aliphatic heterocycles. The summed E-state index contributed by atoms with van der Waals surface area (Å²) in [6.07, 6.45) is 4.02. The molecule has 100 valence electrons. The molecule has 0 heterocycles. The molecular formula is C15H23NO2. The Balaban J connectivity index is 1.87. The van der Waals surface area contributed by atoms with Crippen molar-refractivity contribution in [2.45, 2.75) is 44.4 Å². The Morgan fingerprint density at radius 1 is 1.17 bits per heavy atom. The first kappa shape index (κ1) is 13.4. The molecule has 0 atom stereocenters. The molecule has 1 N–H and O–H groups in total. The van der Waals surface area contributed by atoms with E-state index >= 15 is 0 Å². The highest BCUT2D eigenvalue weighted by Gasteiger charge is 2.22. The van der Waals surface area contributed by atoms with Gasteiger partial charge in [-0.15, -0.1) is 0 Å². The quantitative estimate of drug-likeness (QED) is 0.889. The number of nitrogens with zero attached hydrogens (tertiary/aromatic N) is 1. The Labute approximate surface area is 109 Å². The van der Waals surface area contributed by atoms with E-state index in [0.717, 1.165) is 38.0 Å². The van der Waals surface area contributed by atoms with Gasteiger partial charge in [0.05, 0.1) is 13.2 Å². The number of ether oxygens (including phenoxy) is 1. The molecule has 0 amide bonds. The monoisotopic (exact) mass is 249 g/mol. The van der Waals surface area contributed by atoms with E-state index in [2.05, 4.69) is 24.1 Å². The molecule has 0 spiro atoms. The zero-order valence-electron chi connectivity index (χ0n) is 11.3. The van der Waals surface area contributed by atoms with E-state index in [0.29, 0.717) is 6.04 Å². The molecule has 18 heavy (non-hydrogen) atoms. The minimum absolute atomic E-state index is 0.0735. The van der Waals surface area contributed by atoms with Crippen molar-refractivity contribution >= 4 is 0 Å². The van der Waals surface area contributed by atoms with Crippen LogP contribution in [0.25, 0.3) is 0 Å². The van der Waals surface area contributed by atoms with Crippen LogP contribution in [0.4, 0.5) is 0 Å². The molecule has 0 radical (unpaired) electrons. The molecule has 1 aromatic rings. The summed E-state index contributed by atoms with van der Waals surface area (Å²) in [6.45, 7) is 0.963. The fraction of sp³-hybridized carbons (Fsp3) is 0.600. The van der Waals surface area contributed by atoms with Crippen molar-refractivity contribution < 1.29 is 9.84 Å². The van der Waals surface area contributed by atoms with E-state index in [1.807, 2.05) is 12.1 Å². The van der Waals surface area contributed by atoms with Crippen LogP contribution in [0.5, 0.6) is 5.75 Å². The Morgan fingerprint density at radius 3 is 2.33 bits per heavy atom. The largest absolute Gasteiger partial charge is 0.497 e. The van der Waals surface area contributed by atoms with Crippen molar-refractivity contribution in [1.82, 2.24) is 4.90 Å². The van der Waals surface area contributed by atoms with E-state index in [9.17, 15) is 5.11 Å². The van der Waals surface area contributed by atoms with Crippen LogP contribution in [-0.4, -0.2) is 36.3 Å². The number of hydrogen-bond donors (Lipinski definition) is 1. The van der Waals surface area contributed by atoms with E-state index in [-0.39, 0.29) is 6.10 Å². The van der Waals surface area contributed by atoms with Gasteiger partial charge in [0.1, 0.15) is 5.75 Å². The highest BCUT2D eigenvalue weighted by atomic mass is 16.5. The molecule has 3 heteroatoms. The number of aliphatic hydroxyl groups excluding tert-OH is 1. The topological polar surface area (TPSA) is 32.7 Å². The van der Waals surface area contributed by atoms with Gasteiger partial charge >= 0.3 is 0 Å². The second kappa shape index (κ2) is 6.21. The number of aliphatic hydroxyl groups is 1. The fourth-order valence-corrected chi connectivity index (χ4v) is 2.65. The maximum Gasteiger partial charge on any atom is 0.118 e. The van der Waals surface area contributed by atoms with Crippen molar-refractivity contribution in [3.63, 3.8) is 0 Å². The lowest BCUT2D eigenvalue weighted by Gasteiger charge is -2.33. The summed E-state index contributed by atoms with van der Waals surface area (Å²) in [4.78, 5) is 2.40. The second-order valence-corrected chi connectivity index (χ2v) is 5.23. The molecule has 0 aromatic heterocycles. The van der Waals surface area contributed by atoms with Crippen molar-refractivity contribution in [2.24, 2.45) is 0 Å². The summed E-state index contributed by atoms with van der Waals surface area (Å²) in [5.41, 5.74) is 1.31. The normalized spacial score (nSPS) is 24.2. The molecule has 3 nitrogen and oxygen atoms in total. The average Bonchev–Trinajstić information content (AvgIpc) is 2.40. The van der Waals surface area contributed by atoms with Gasteiger partial charge in [0.25, 0.3) is 0 Å². The maximum atomic E-state index is 9.52. The third-order valence-corrected chi connectivity index (χ3v) is 3.88. The van der Waals surface area contributed by atoms with Gasteiger partial charge in [0, 0.05) is 12.6 Å². The average molecular weight is 249 g/mol. The fourth-order valence-electron chi connectivity index (χ4n) is 2.65. The van der Waals surface area contributed by atoms with E-state index in [4.69, 9.17) is 4.74 Å². The lowest BCUT2D eigenvalue weighted by molar-refractivity contribution is 0.0818. The third-order valence-electron chi connectivity index (χ3n) is 3.88. The van der Waals surface area contributed by atoms with Gasteiger partial charge in [-0.05, 0) is 50.4 Å².